The fourth-order valence-corrected chi connectivity index (χ4v) is 4.10. The van der Waals surface area contributed by atoms with Gasteiger partial charge in [-0.05, 0) is 50.1 Å². The minimum Gasteiger partial charge on any atom is -0.466 e. The summed E-state index contributed by atoms with van der Waals surface area (Å²) in [4.78, 5) is 12.3. The summed E-state index contributed by atoms with van der Waals surface area (Å²) in [6.45, 7) is 4.10. The van der Waals surface area contributed by atoms with E-state index in [0.29, 0.717) is 29.0 Å². The van der Waals surface area contributed by atoms with Gasteiger partial charge < -0.3 is 4.74 Å². The van der Waals surface area contributed by atoms with Gasteiger partial charge in [0, 0.05) is 18.0 Å². The van der Waals surface area contributed by atoms with Crippen LogP contribution in [0.3, 0.4) is 0 Å². The zero-order valence-corrected chi connectivity index (χ0v) is 16.1. The van der Waals surface area contributed by atoms with Crippen LogP contribution in [0, 0.1) is 18.3 Å². The molecule has 0 saturated carbocycles. The molecule has 0 aliphatic heterocycles. The van der Waals surface area contributed by atoms with E-state index in [9.17, 15) is 14.3 Å². The zero-order chi connectivity index (χ0) is 19.4. The summed E-state index contributed by atoms with van der Waals surface area (Å²) < 4.78 is 19.7. The monoisotopic (exact) mass is 380 g/mol. The highest BCUT2D eigenvalue weighted by molar-refractivity contribution is 7.83. The van der Waals surface area contributed by atoms with Gasteiger partial charge in [-0.15, -0.1) is 0 Å². The van der Waals surface area contributed by atoms with Crippen LogP contribution in [0.4, 0.5) is 0 Å². The second kappa shape index (κ2) is 8.19. The van der Waals surface area contributed by atoms with Crippen LogP contribution in [-0.2, 0) is 26.9 Å². The molecule has 3 rings (SSSR count). The van der Waals surface area contributed by atoms with Crippen molar-refractivity contribution in [3.8, 4) is 6.07 Å². The average Bonchev–Trinajstić information content (AvgIpc) is 3.12. The number of esters is 1. The molecule has 0 saturated heterocycles. The Bertz CT molecular complexity index is 1050. The van der Waals surface area contributed by atoms with Crippen molar-refractivity contribution in [1.82, 2.24) is 3.97 Å². The van der Waals surface area contributed by atoms with Crippen molar-refractivity contribution in [3.05, 3.63) is 65.4 Å². The maximum Gasteiger partial charge on any atom is 0.306 e. The van der Waals surface area contributed by atoms with Gasteiger partial charge in [-0.2, -0.15) is 5.26 Å². The van der Waals surface area contributed by atoms with Gasteiger partial charge in [0.2, 0.25) is 0 Å². The predicted molar refractivity (Wildman–Crippen MR) is 105 cm³/mol. The van der Waals surface area contributed by atoms with Gasteiger partial charge in [0.05, 0.1) is 22.6 Å². The van der Waals surface area contributed by atoms with E-state index in [1.165, 1.54) is 0 Å². The number of rotatable bonds is 6. The molecule has 0 fully saturated rings. The summed E-state index contributed by atoms with van der Waals surface area (Å²) in [5.41, 5.74) is 3.09. The summed E-state index contributed by atoms with van der Waals surface area (Å²) in [6.07, 6.45) is 2.50. The Balaban J connectivity index is 2.01. The van der Waals surface area contributed by atoms with E-state index in [2.05, 4.69) is 6.07 Å². The molecule has 0 radical (unpaired) electrons. The molecule has 27 heavy (non-hydrogen) atoms. The van der Waals surface area contributed by atoms with E-state index in [1.807, 2.05) is 43.3 Å². The van der Waals surface area contributed by atoms with E-state index in [1.54, 1.807) is 23.2 Å². The van der Waals surface area contributed by atoms with Gasteiger partial charge in [-0.3, -0.25) is 8.77 Å². The van der Waals surface area contributed by atoms with E-state index < -0.39 is 11.0 Å². The van der Waals surface area contributed by atoms with E-state index in [0.717, 1.165) is 16.5 Å². The number of nitriles is 1. The van der Waals surface area contributed by atoms with Crippen molar-refractivity contribution >= 4 is 27.9 Å². The molecule has 3 aromatic rings. The first-order chi connectivity index (χ1) is 13.0. The minimum absolute atomic E-state index is 0.252. The first-order valence-corrected chi connectivity index (χ1v) is 9.83. The van der Waals surface area contributed by atoms with Crippen LogP contribution in [0.25, 0.3) is 10.9 Å². The standard InChI is InChI=1S/C21H20N2O3S/c1-3-26-20(24)11-8-16-6-7-17(14-22)21-19(16)12-13-23(21)27(25)18-9-4-15(2)5-10-18/h4-7,9-10,12-13H,3,8,11H2,1-2H3. The number of hydrogen-bond donors (Lipinski definition) is 0. The Morgan fingerprint density at radius 3 is 2.59 bits per heavy atom. The number of nitrogens with zero attached hydrogens (tertiary/aromatic N) is 2. The average molecular weight is 380 g/mol. The van der Waals surface area contributed by atoms with Gasteiger partial charge in [-0.25, -0.2) is 4.21 Å². The Kier molecular flexibility index (Phi) is 5.72. The molecule has 0 spiro atoms. The summed E-state index contributed by atoms with van der Waals surface area (Å²) in [7, 11) is -1.46. The van der Waals surface area contributed by atoms with Crippen molar-refractivity contribution < 1.29 is 13.7 Å². The lowest BCUT2D eigenvalue weighted by Crippen LogP contribution is -2.06. The number of ether oxygens (including phenoxy) is 1. The third-order valence-corrected chi connectivity index (χ3v) is 5.67. The number of aromatic nitrogens is 1. The fourth-order valence-electron chi connectivity index (χ4n) is 2.97. The lowest BCUT2D eigenvalue weighted by atomic mass is 10.0. The van der Waals surface area contributed by atoms with Crippen LogP contribution in [0.1, 0.15) is 30.0 Å². The molecular formula is C21H20N2O3S. The van der Waals surface area contributed by atoms with Crippen molar-refractivity contribution in [3.63, 3.8) is 0 Å². The molecule has 0 bridgehead atoms. The highest BCUT2D eigenvalue weighted by atomic mass is 32.2. The molecule has 5 nitrogen and oxygen atoms in total. The summed E-state index contributed by atoms with van der Waals surface area (Å²) in [5, 5.41) is 10.3. The molecule has 1 aromatic heterocycles. The second-order valence-corrected chi connectivity index (χ2v) is 7.52. The number of fused-ring (bicyclic) bond motifs is 1. The molecule has 138 valence electrons. The molecule has 2 aromatic carbocycles. The number of hydrogen-bond acceptors (Lipinski definition) is 4. The summed E-state index contributed by atoms with van der Waals surface area (Å²) in [6, 6.07) is 15.1. The van der Waals surface area contributed by atoms with E-state index in [-0.39, 0.29) is 12.4 Å². The van der Waals surface area contributed by atoms with Gasteiger partial charge in [0.25, 0.3) is 0 Å². The smallest absolute Gasteiger partial charge is 0.306 e. The lowest BCUT2D eigenvalue weighted by Gasteiger charge is -2.09. The Morgan fingerprint density at radius 2 is 1.93 bits per heavy atom. The zero-order valence-electron chi connectivity index (χ0n) is 15.3. The molecule has 1 unspecified atom stereocenters. The Morgan fingerprint density at radius 1 is 1.19 bits per heavy atom. The number of carbonyl (C=O) groups is 1. The SMILES string of the molecule is CCOC(=O)CCc1ccc(C#N)c2c1ccn2S(=O)c1ccc(C)cc1. The van der Waals surface area contributed by atoms with Crippen molar-refractivity contribution in [2.75, 3.05) is 6.61 Å². The molecule has 6 heteroatoms. The molecule has 1 atom stereocenters. The second-order valence-electron chi connectivity index (χ2n) is 6.16. The quantitative estimate of drug-likeness (QED) is 0.608. The third-order valence-electron chi connectivity index (χ3n) is 4.33. The van der Waals surface area contributed by atoms with Crippen LogP contribution in [0.2, 0.25) is 0 Å². The first kappa shape index (κ1) is 18.9. The third kappa shape index (κ3) is 3.93. The predicted octanol–water partition coefficient (Wildman–Crippen LogP) is 3.89. The number of carbonyl (C=O) groups excluding carboxylic acids is 1. The van der Waals surface area contributed by atoms with Crippen LogP contribution in [-0.4, -0.2) is 20.8 Å². The van der Waals surface area contributed by atoms with Crippen LogP contribution >= 0.6 is 0 Å². The largest absolute Gasteiger partial charge is 0.466 e. The van der Waals surface area contributed by atoms with E-state index >= 15 is 0 Å². The topological polar surface area (TPSA) is 72.1 Å². The van der Waals surface area contributed by atoms with Crippen molar-refractivity contribution in [2.24, 2.45) is 0 Å². The molecule has 0 aliphatic rings. The molecular weight excluding hydrogens is 360 g/mol. The maximum absolute atomic E-state index is 13.1. The Hall–Kier alpha value is -2.91. The first-order valence-electron chi connectivity index (χ1n) is 8.72. The lowest BCUT2D eigenvalue weighted by molar-refractivity contribution is -0.143. The molecule has 0 aliphatic carbocycles. The summed E-state index contributed by atoms with van der Waals surface area (Å²) >= 11 is 0. The van der Waals surface area contributed by atoms with Gasteiger partial charge in [-0.1, -0.05) is 23.8 Å². The van der Waals surface area contributed by atoms with Gasteiger partial charge in [0.1, 0.15) is 6.07 Å². The highest BCUT2D eigenvalue weighted by Gasteiger charge is 2.16. The van der Waals surface area contributed by atoms with Crippen molar-refractivity contribution in [1.29, 1.82) is 5.26 Å². The van der Waals surface area contributed by atoms with Gasteiger partial charge >= 0.3 is 5.97 Å². The highest BCUT2D eigenvalue weighted by Crippen LogP contribution is 2.27. The van der Waals surface area contributed by atoms with Crippen LogP contribution < -0.4 is 0 Å². The number of aryl methyl sites for hydroxylation is 2. The normalized spacial score (nSPS) is 11.9. The van der Waals surface area contributed by atoms with Gasteiger partial charge in [0.15, 0.2) is 11.0 Å². The maximum atomic E-state index is 13.1. The molecule has 0 amide bonds. The Labute approximate surface area is 160 Å². The molecule has 0 N–H and O–H groups in total. The van der Waals surface area contributed by atoms with Crippen molar-refractivity contribution in [2.45, 2.75) is 31.6 Å². The van der Waals surface area contributed by atoms with E-state index in [4.69, 9.17) is 4.74 Å². The molecule has 1 heterocycles. The van der Waals surface area contributed by atoms with Crippen LogP contribution in [0.5, 0.6) is 0 Å². The minimum atomic E-state index is -1.46. The number of benzene rings is 2. The van der Waals surface area contributed by atoms with Crippen LogP contribution in [0.15, 0.2) is 53.6 Å². The fraction of sp³-hybridized carbons (Fsp3) is 0.238. The summed E-state index contributed by atoms with van der Waals surface area (Å²) in [5.74, 6) is -0.252.